The highest BCUT2D eigenvalue weighted by Crippen LogP contribution is 2.28. The van der Waals surface area contributed by atoms with E-state index in [4.69, 9.17) is 5.73 Å². The lowest BCUT2D eigenvalue weighted by atomic mass is 9.75. The van der Waals surface area contributed by atoms with Gasteiger partial charge in [0.2, 0.25) is 11.8 Å². The van der Waals surface area contributed by atoms with Crippen molar-refractivity contribution in [3.8, 4) is 0 Å². The van der Waals surface area contributed by atoms with Crippen LogP contribution in [-0.4, -0.2) is 30.9 Å². The third kappa shape index (κ3) is 4.06. The highest BCUT2D eigenvalue weighted by molar-refractivity contribution is 5.90. The molecule has 3 rings (SSSR count). The van der Waals surface area contributed by atoms with Crippen LogP contribution in [0.5, 0.6) is 0 Å². The van der Waals surface area contributed by atoms with E-state index >= 15 is 0 Å². The Morgan fingerprint density at radius 2 is 1.56 bits per heavy atom. The average molecular weight is 337 g/mol. The van der Waals surface area contributed by atoms with E-state index in [2.05, 4.69) is 10.6 Å². The standard InChI is InChI=1S/C20H23N3O2/c21-18(24)17(11-15-7-3-1-4-8-15)23-19(25)20(13-22-14-20)12-16-9-5-2-6-10-16/h1-10,17,22H,11-14H2,(H2,21,24)(H,23,25)/t17-/m0/s1. The van der Waals surface area contributed by atoms with E-state index in [1.165, 1.54) is 0 Å². The van der Waals surface area contributed by atoms with E-state index in [0.717, 1.165) is 11.1 Å². The second-order valence-corrected chi connectivity index (χ2v) is 6.66. The Bertz CT molecular complexity index is 727. The summed E-state index contributed by atoms with van der Waals surface area (Å²) in [5, 5.41) is 6.05. The molecule has 2 aromatic rings. The van der Waals surface area contributed by atoms with E-state index in [0.29, 0.717) is 25.9 Å². The molecule has 0 spiro atoms. The summed E-state index contributed by atoms with van der Waals surface area (Å²) < 4.78 is 0. The van der Waals surface area contributed by atoms with Crippen LogP contribution in [0, 0.1) is 5.41 Å². The van der Waals surface area contributed by atoms with Crippen LogP contribution in [0.3, 0.4) is 0 Å². The van der Waals surface area contributed by atoms with Crippen molar-refractivity contribution in [2.45, 2.75) is 18.9 Å². The predicted molar refractivity (Wildman–Crippen MR) is 96.7 cm³/mol. The van der Waals surface area contributed by atoms with E-state index < -0.39 is 17.4 Å². The van der Waals surface area contributed by atoms with Gasteiger partial charge in [-0.25, -0.2) is 0 Å². The number of amides is 2. The molecule has 1 fully saturated rings. The van der Waals surface area contributed by atoms with Crippen molar-refractivity contribution in [2.24, 2.45) is 11.1 Å². The number of carbonyl (C=O) groups excluding carboxylic acids is 2. The van der Waals surface area contributed by atoms with Gasteiger partial charge in [-0.3, -0.25) is 9.59 Å². The summed E-state index contributed by atoms with van der Waals surface area (Å²) in [6.07, 6.45) is 1.04. The van der Waals surface area contributed by atoms with Crippen LogP contribution in [0.2, 0.25) is 0 Å². The van der Waals surface area contributed by atoms with Gasteiger partial charge in [-0.05, 0) is 17.5 Å². The molecule has 1 aliphatic heterocycles. The number of nitrogens with two attached hydrogens (primary N) is 1. The van der Waals surface area contributed by atoms with Gasteiger partial charge in [0.05, 0.1) is 5.41 Å². The van der Waals surface area contributed by atoms with Gasteiger partial charge in [-0.2, -0.15) is 0 Å². The highest BCUT2D eigenvalue weighted by atomic mass is 16.2. The SMILES string of the molecule is NC(=O)[C@H](Cc1ccccc1)NC(=O)C1(Cc2ccccc2)CNC1. The van der Waals surface area contributed by atoms with Crippen LogP contribution in [0.25, 0.3) is 0 Å². The minimum Gasteiger partial charge on any atom is -0.368 e. The molecule has 0 saturated carbocycles. The van der Waals surface area contributed by atoms with Crippen LogP contribution in [0.15, 0.2) is 60.7 Å². The Kier molecular flexibility index (Phi) is 5.14. The van der Waals surface area contributed by atoms with Crippen molar-refractivity contribution in [1.29, 1.82) is 0 Å². The number of benzene rings is 2. The van der Waals surface area contributed by atoms with Crippen LogP contribution >= 0.6 is 0 Å². The molecule has 1 atom stereocenters. The Hall–Kier alpha value is -2.66. The zero-order valence-corrected chi connectivity index (χ0v) is 14.1. The van der Waals surface area contributed by atoms with Crippen LogP contribution < -0.4 is 16.4 Å². The number of rotatable bonds is 7. The Balaban J connectivity index is 1.70. The number of primary amides is 1. The monoisotopic (exact) mass is 337 g/mol. The van der Waals surface area contributed by atoms with E-state index in [1.807, 2.05) is 60.7 Å². The van der Waals surface area contributed by atoms with E-state index in [1.54, 1.807) is 0 Å². The molecule has 4 N–H and O–H groups in total. The van der Waals surface area contributed by atoms with E-state index in [-0.39, 0.29) is 5.91 Å². The molecule has 0 unspecified atom stereocenters. The topological polar surface area (TPSA) is 84.2 Å². The molecule has 0 aromatic heterocycles. The second-order valence-electron chi connectivity index (χ2n) is 6.66. The van der Waals surface area contributed by atoms with Crippen LogP contribution in [0.4, 0.5) is 0 Å². The number of hydrogen-bond donors (Lipinski definition) is 3. The Labute approximate surface area is 147 Å². The van der Waals surface area contributed by atoms with Gasteiger partial charge in [0.1, 0.15) is 6.04 Å². The highest BCUT2D eigenvalue weighted by Gasteiger charge is 2.45. The first-order chi connectivity index (χ1) is 12.1. The molecule has 130 valence electrons. The molecule has 0 radical (unpaired) electrons. The predicted octanol–water partition coefficient (Wildman–Crippen LogP) is 1.03. The summed E-state index contributed by atoms with van der Waals surface area (Å²) in [6.45, 7) is 1.20. The van der Waals surface area contributed by atoms with Crippen LogP contribution in [-0.2, 0) is 22.4 Å². The number of nitrogens with one attached hydrogen (secondary N) is 2. The molecular weight excluding hydrogens is 314 g/mol. The minimum atomic E-state index is -0.705. The summed E-state index contributed by atoms with van der Waals surface area (Å²) >= 11 is 0. The zero-order valence-electron chi connectivity index (χ0n) is 14.1. The van der Waals surface area contributed by atoms with Crippen molar-refractivity contribution in [3.05, 3.63) is 71.8 Å². The zero-order chi connectivity index (χ0) is 17.7. The maximum atomic E-state index is 12.9. The first-order valence-corrected chi connectivity index (χ1v) is 8.48. The summed E-state index contributed by atoms with van der Waals surface area (Å²) in [5.41, 5.74) is 7.07. The molecule has 1 saturated heterocycles. The molecule has 5 heteroatoms. The molecule has 0 bridgehead atoms. The first kappa shape index (κ1) is 17.2. The van der Waals surface area contributed by atoms with Crippen molar-refractivity contribution >= 4 is 11.8 Å². The summed E-state index contributed by atoms with van der Waals surface area (Å²) in [7, 11) is 0. The van der Waals surface area contributed by atoms with Gasteiger partial charge in [0, 0.05) is 19.5 Å². The molecule has 5 nitrogen and oxygen atoms in total. The quantitative estimate of drug-likeness (QED) is 0.706. The molecular formula is C20H23N3O2. The summed E-state index contributed by atoms with van der Waals surface area (Å²) in [4.78, 5) is 24.7. The third-order valence-electron chi connectivity index (χ3n) is 4.73. The molecule has 25 heavy (non-hydrogen) atoms. The number of hydrogen-bond acceptors (Lipinski definition) is 3. The molecule has 1 aliphatic rings. The van der Waals surface area contributed by atoms with E-state index in [9.17, 15) is 9.59 Å². The number of carbonyl (C=O) groups is 2. The van der Waals surface area contributed by atoms with Crippen molar-refractivity contribution < 1.29 is 9.59 Å². The Morgan fingerprint density at radius 1 is 1.00 bits per heavy atom. The second kappa shape index (κ2) is 7.49. The maximum absolute atomic E-state index is 12.9. The van der Waals surface area contributed by atoms with Crippen molar-refractivity contribution in [2.75, 3.05) is 13.1 Å². The maximum Gasteiger partial charge on any atom is 0.240 e. The first-order valence-electron chi connectivity index (χ1n) is 8.48. The fourth-order valence-electron chi connectivity index (χ4n) is 3.16. The smallest absolute Gasteiger partial charge is 0.240 e. The largest absolute Gasteiger partial charge is 0.368 e. The molecule has 1 heterocycles. The van der Waals surface area contributed by atoms with Gasteiger partial charge >= 0.3 is 0 Å². The van der Waals surface area contributed by atoms with Gasteiger partial charge in [0.25, 0.3) is 0 Å². The fourth-order valence-corrected chi connectivity index (χ4v) is 3.16. The fraction of sp³-hybridized carbons (Fsp3) is 0.300. The average Bonchev–Trinajstić information content (AvgIpc) is 2.59. The summed E-state index contributed by atoms with van der Waals surface area (Å²) in [6, 6.07) is 18.8. The molecule has 2 aromatic carbocycles. The lowest BCUT2D eigenvalue weighted by Gasteiger charge is -2.42. The van der Waals surface area contributed by atoms with Crippen molar-refractivity contribution in [3.63, 3.8) is 0 Å². The van der Waals surface area contributed by atoms with Gasteiger partial charge in [-0.1, -0.05) is 60.7 Å². The Morgan fingerprint density at radius 3 is 2.04 bits per heavy atom. The van der Waals surface area contributed by atoms with Gasteiger partial charge < -0.3 is 16.4 Å². The minimum absolute atomic E-state index is 0.116. The molecule has 0 aliphatic carbocycles. The molecule has 2 amide bonds. The summed E-state index contributed by atoms with van der Waals surface area (Å²) in [5.74, 6) is -0.630. The van der Waals surface area contributed by atoms with Gasteiger partial charge in [-0.15, -0.1) is 0 Å². The third-order valence-corrected chi connectivity index (χ3v) is 4.73. The lowest BCUT2D eigenvalue weighted by Crippen LogP contribution is -2.64. The normalized spacial score (nSPS) is 16.5. The van der Waals surface area contributed by atoms with Crippen LogP contribution in [0.1, 0.15) is 11.1 Å². The lowest BCUT2D eigenvalue weighted by molar-refractivity contribution is -0.137. The van der Waals surface area contributed by atoms with Gasteiger partial charge in [0.15, 0.2) is 0 Å². The van der Waals surface area contributed by atoms with Crippen molar-refractivity contribution in [1.82, 2.24) is 10.6 Å².